The molecule has 19 atom stereocenters. The first-order valence-corrected chi connectivity index (χ1v) is 28.2. The van der Waals surface area contributed by atoms with Crippen molar-refractivity contribution in [2.45, 2.75) is 192 Å². The zero-order valence-corrected chi connectivity index (χ0v) is 49.9. The summed E-state index contributed by atoms with van der Waals surface area (Å²) >= 11 is 0. The van der Waals surface area contributed by atoms with Crippen LogP contribution in [-0.2, 0) is 42.7 Å². The SMILES string of the molecule is CC1CN(c2cc3c(cc2F)c(=O)c(C(=O)O)cn3-c2ccc(F)cc2F)CCN1.CC[C@H]1OC(=O)[C@H](C)[C@@H](O[C@H]2C[C@@](C)(OC)[C@@H](O)[C@H](C)O2)[C@H](C)[C@@H](O[C@@H]2O[C@H](C)C[C@H](N(C)C)[C@H]2O)[C@](C)(OC)C[C@@H](C)C(=O)[C@H](C)[C@@H](O)[C@]1(C)O. The normalized spacial score (nSPS) is 37.2. The van der Waals surface area contributed by atoms with E-state index >= 15 is 0 Å². The molecule has 4 aliphatic rings. The fourth-order valence-electron chi connectivity index (χ4n) is 12.3. The van der Waals surface area contributed by atoms with Crippen LogP contribution in [0.15, 0.2) is 41.3 Å². The van der Waals surface area contributed by atoms with Crippen LogP contribution in [0.3, 0.4) is 0 Å². The van der Waals surface area contributed by atoms with Crippen LogP contribution in [0.25, 0.3) is 16.6 Å². The number of nitrogens with zero attached hydrogens (tertiary/aromatic N) is 3. The molecular formula is C59H87F3N4O16. The number of fused-ring (bicyclic) bond motifs is 1. The van der Waals surface area contributed by atoms with E-state index in [0.29, 0.717) is 32.1 Å². The Morgan fingerprint density at radius 1 is 0.854 bits per heavy atom. The van der Waals surface area contributed by atoms with Crippen LogP contribution >= 0.6 is 0 Å². The molecule has 0 bridgehead atoms. The van der Waals surface area contributed by atoms with Crippen LogP contribution in [0, 0.1) is 41.1 Å². The number of nitrogens with one attached hydrogen (secondary N) is 1. The van der Waals surface area contributed by atoms with E-state index in [1.165, 1.54) is 27.2 Å². The molecular weight excluding hydrogens is 1080 g/mol. The van der Waals surface area contributed by atoms with Crippen LogP contribution in [0.2, 0.25) is 0 Å². The number of ether oxygens (including phenoxy) is 7. The minimum Gasteiger partial charge on any atom is -0.477 e. The van der Waals surface area contributed by atoms with Crippen molar-refractivity contribution in [2.24, 2.45) is 23.7 Å². The Morgan fingerprint density at radius 2 is 1.50 bits per heavy atom. The average Bonchev–Trinajstić information content (AvgIpc) is 3.42. The Hall–Kier alpha value is -4.63. The number of ketones is 1. The molecule has 4 saturated heterocycles. The topological polar surface area (TPSA) is 257 Å². The highest BCUT2D eigenvalue weighted by Crippen LogP contribution is 2.42. The number of esters is 1. The van der Waals surface area contributed by atoms with E-state index < -0.39 is 136 Å². The quantitative estimate of drug-likeness (QED) is 0.132. The molecule has 0 aliphatic carbocycles. The maximum atomic E-state index is 14.9. The van der Waals surface area contributed by atoms with Gasteiger partial charge in [0.05, 0.1) is 64.5 Å². The third-order valence-corrected chi connectivity index (χ3v) is 17.5. The van der Waals surface area contributed by atoms with Gasteiger partial charge < -0.3 is 78.4 Å². The van der Waals surface area contributed by atoms with Crippen molar-refractivity contribution in [3.05, 3.63) is 69.8 Å². The van der Waals surface area contributed by atoms with E-state index in [-0.39, 0.29) is 65.5 Å². The number of aliphatic hydroxyl groups excluding tert-OH is 3. The second-order valence-electron chi connectivity index (χ2n) is 23.9. The summed E-state index contributed by atoms with van der Waals surface area (Å²) in [6.07, 6.45) is -7.75. The number of pyridine rings is 1. The highest BCUT2D eigenvalue weighted by molar-refractivity contribution is 5.94. The zero-order chi connectivity index (χ0) is 61.2. The molecule has 7 rings (SSSR count). The van der Waals surface area contributed by atoms with Gasteiger partial charge in [-0.15, -0.1) is 0 Å². The lowest BCUT2D eigenvalue weighted by molar-refractivity contribution is -0.319. The second-order valence-corrected chi connectivity index (χ2v) is 23.9. The number of hydrogen-bond acceptors (Lipinski definition) is 18. The van der Waals surface area contributed by atoms with Gasteiger partial charge in [0.15, 0.2) is 12.6 Å². The van der Waals surface area contributed by atoms with Gasteiger partial charge in [0, 0.05) is 87.8 Å². The minimum absolute atomic E-state index is 0.111. The summed E-state index contributed by atoms with van der Waals surface area (Å²) in [6, 6.07) is 5.01. The number of cyclic esters (lactones) is 1. The summed E-state index contributed by atoms with van der Waals surface area (Å²) < 4.78 is 87.8. The number of carbonyl (C=O) groups excluding carboxylic acids is 2. The molecule has 23 heteroatoms. The standard InChI is InChI=1S/C38H69NO13.C21H18F3N3O3/c1-15-26-38(10,45)31(42)21(4)28(40)19(2)17-37(9,47-14)33(52-35-29(41)25(39(11)12)16-20(3)48-35)22(5)30(23(6)34(44)50-26)51-27-18-36(8,46-13)32(43)24(7)49-27;1-11-9-26(5-4-25-11)19-8-18-13(7-16(19)24)20(28)14(21(29)30)10-27(18)17-3-2-12(22)6-15(17)23/h19-27,29-33,35,41-43,45H,15-18H2,1-14H3;2-3,6-8,10-11,25H,4-5,9H2,1H3,(H,29,30)/t19-,20-,21+,22+,23-,24+,25+,26-,27+,29-,30+,31-,32+,33-,35+,36-,37-,38-;/m1./s1. The largest absolute Gasteiger partial charge is 0.477 e. The Morgan fingerprint density at radius 3 is 2.09 bits per heavy atom. The van der Waals surface area contributed by atoms with Crippen molar-refractivity contribution in [3.63, 3.8) is 0 Å². The summed E-state index contributed by atoms with van der Waals surface area (Å²) in [5.74, 6) is -8.43. The van der Waals surface area contributed by atoms with Gasteiger partial charge in [0.2, 0.25) is 5.43 Å². The fraction of sp³-hybridized carbons (Fsp3) is 0.695. The number of carboxylic acids is 1. The molecule has 2 aromatic carbocycles. The van der Waals surface area contributed by atoms with Crippen molar-refractivity contribution in [3.8, 4) is 5.69 Å². The number of methoxy groups -OCH3 is 2. The van der Waals surface area contributed by atoms with Gasteiger partial charge in [-0.05, 0) is 106 Å². The fourth-order valence-corrected chi connectivity index (χ4v) is 12.3. The van der Waals surface area contributed by atoms with Crippen LogP contribution < -0.4 is 15.6 Å². The number of hydrogen-bond donors (Lipinski definition) is 6. The molecule has 4 aliphatic heterocycles. The van der Waals surface area contributed by atoms with Crippen molar-refractivity contribution in [1.29, 1.82) is 0 Å². The number of carboxylic acid groups (broad SMARTS) is 1. The predicted molar refractivity (Wildman–Crippen MR) is 297 cm³/mol. The van der Waals surface area contributed by atoms with Crippen LogP contribution in [0.4, 0.5) is 18.9 Å². The van der Waals surface area contributed by atoms with Gasteiger partial charge in [-0.25, -0.2) is 18.0 Å². The summed E-state index contributed by atoms with van der Waals surface area (Å²) in [6.45, 7) is 20.7. The van der Waals surface area contributed by atoms with Crippen LogP contribution in [-0.4, -0.2) is 191 Å². The molecule has 4 fully saturated rings. The lowest BCUT2D eigenvalue weighted by atomic mass is 9.74. The first kappa shape index (κ1) is 66.5. The maximum absolute atomic E-state index is 14.9. The van der Waals surface area contributed by atoms with E-state index in [4.69, 9.17) is 33.2 Å². The van der Waals surface area contributed by atoms with Crippen molar-refractivity contribution in [1.82, 2.24) is 14.8 Å². The second kappa shape index (κ2) is 26.7. The Kier molecular flexibility index (Phi) is 21.7. The summed E-state index contributed by atoms with van der Waals surface area (Å²) in [5.41, 5.74) is -5.58. The summed E-state index contributed by atoms with van der Waals surface area (Å²) in [4.78, 5) is 56.1. The number of aliphatic hydroxyl groups is 4. The Balaban J connectivity index is 0.000000303. The molecule has 0 amide bonds. The number of benzene rings is 2. The third kappa shape index (κ3) is 14.0. The number of piperazine rings is 1. The predicted octanol–water partition coefficient (Wildman–Crippen LogP) is 5.34. The van der Waals surface area contributed by atoms with Gasteiger partial charge in [0.1, 0.15) is 52.7 Å². The number of aromatic carboxylic acids is 1. The molecule has 0 radical (unpaired) electrons. The number of anilines is 1. The molecule has 460 valence electrons. The number of likely N-dealkylation sites (N-methyl/N-ethyl adjacent to an activating group) is 1. The number of Topliss-reactive ketones (excluding diaryl/α,β-unsaturated/α-hetero) is 1. The van der Waals surface area contributed by atoms with Gasteiger partial charge >= 0.3 is 11.9 Å². The minimum atomic E-state index is -1.96. The van der Waals surface area contributed by atoms with E-state index in [9.17, 15) is 57.9 Å². The number of rotatable bonds is 11. The van der Waals surface area contributed by atoms with Gasteiger partial charge in [-0.3, -0.25) is 14.4 Å². The van der Waals surface area contributed by atoms with Crippen molar-refractivity contribution < 1.29 is 86.2 Å². The van der Waals surface area contributed by atoms with Crippen molar-refractivity contribution >= 4 is 34.3 Å². The lowest BCUT2D eigenvalue weighted by Crippen LogP contribution is -2.61. The molecule has 1 unspecified atom stereocenters. The molecule has 0 spiro atoms. The smallest absolute Gasteiger partial charge is 0.341 e. The lowest BCUT2D eigenvalue weighted by Gasteiger charge is -2.50. The van der Waals surface area contributed by atoms with Crippen LogP contribution in [0.1, 0.15) is 112 Å². The molecule has 3 aromatic rings. The number of carbonyl (C=O) groups is 3. The number of halogens is 3. The first-order valence-electron chi connectivity index (χ1n) is 28.2. The summed E-state index contributed by atoms with van der Waals surface area (Å²) in [5, 5.41) is 58.0. The third-order valence-electron chi connectivity index (χ3n) is 17.5. The van der Waals surface area contributed by atoms with Crippen molar-refractivity contribution in [2.75, 3.05) is 52.8 Å². The van der Waals surface area contributed by atoms with Crippen LogP contribution in [0.5, 0.6) is 0 Å². The van der Waals surface area contributed by atoms with Gasteiger partial charge in [0.25, 0.3) is 0 Å². The highest BCUT2D eigenvalue weighted by atomic mass is 19.1. The van der Waals surface area contributed by atoms with E-state index in [1.54, 1.807) is 53.4 Å². The molecule has 5 heterocycles. The first-order chi connectivity index (χ1) is 38.2. The maximum Gasteiger partial charge on any atom is 0.341 e. The molecule has 20 nitrogen and oxygen atoms in total. The Labute approximate surface area is 478 Å². The molecule has 1 aromatic heterocycles. The molecule has 82 heavy (non-hydrogen) atoms. The zero-order valence-electron chi connectivity index (χ0n) is 49.9. The summed E-state index contributed by atoms with van der Waals surface area (Å²) in [7, 11) is 6.77. The Bertz CT molecular complexity index is 2790. The van der Waals surface area contributed by atoms with E-state index in [0.717, 1.165) is 29.0 Å². The average molecular weight is 1170 g/mol. The van der Waals surface area contributed by atoms with E-state index in [1.807, 2.05) is 39.8 Å². The van der Waals surface area contributed by atoms with Gasteiger partial charge in [-0.2, -0.15) is 0 Å². The number of aromatic nitrogens is 1. The van der Waals surface area contributed by atoms with E-state index in [2.05, 4.69) is 5.32 Å². The monoisotopic (exact) mass is 1160 g/mol. The van der Waals surface area contributed by atoms with Gasteiger partial charge in [-0.1, -0.05) is 27.7 Å². The molecule has 6 N–H and O–H groups in total. The highest BCUT2D eigenvalue weighted by Gasteiger charge is 2.54. The molecule has 0 saturated carbocycles.